The fourth-order valence-corrected chi connectivity index (χ4v) is 2.68. The Morgan fingerprint density at radius 1 is 1.24 bits per heavy atom. The number of nitrogens with two attached hydrogens (primary N) is 1. The Bertz CT molecular complexity index is 307. The molecule has 1 aromatic rings. The van der Waals surface area contributed by atoms with Gasteiger partial charge in [-0.05, 0) is 50.0 Å². The summed E-state index contributed by atoms with van der Waals surface area (Å²) in [6.45, 7) is 2.97. The molecule has 1 fully saturated rings. The summed E-state index contributed by atoms with van der Waals surface area (Å²) in [5, 5.41) is 0. The first-order chi connectivity index (χ1) is 8.40. The minimum Gasteiger partial charge on any atom is -0.330 e. The molecule has 0 aromatic carbocycles. The van der Waals surface area contributed by atoms with Crippen molar-refractivity contribution in [3.05, 3.63) is 30.1 Å². The molecule has 0 amide bonds. The van der Waals surface area contributed by atoms with E-state index in [1.165, 1.54) is 31.2 Å². The van der Waals surface area contributed by atoms with Gasteiger partial charge in [-0.15, -0.1) is 0 Å². The average molecular weight is 233 g/mol. The monoisotopic (exact) mass is 233 g/mol. The predicted molar refractivity (Wildman–Crippen MR) is 70.6 cm³/mol. The Morgan fingerprint density at radius 3 is 2.59 bits per heavy atom. The first-order valence-corrected chi connectivity index (χ1v) is 6.73. The van der Waals surface area contributed by atoms with Crippen LogP contribution in [0.5, 0.6) is 0 Å². The van der Waals surface area contributed by atoms with Gasteiger partial charge < -0.3 is 5.73 Å². The van der Waals surface area contributed by atoms with Crippen molar-refractivity contribution < 1.29 is 0 Å². The molecule has 1 aromatic heterocycles. The van der Waals surface area contributed by atoms with E-state index < -0.39 is 0 Å². The standard InChI is InChI=1S/C14H23N3/c15-8-3-11-17(14-4-1-2-5-14)12-13-6-9-16-10-7-13/h6-7,9-10,14H,1-5,8,11-12,15H2. The molecule has 0 saturated heterocycles. The lowest BCUT2D eigenvalue weighted by molar-refractivity contribution is 0.188. The largest absolute Gasteiger partial charge is 0.330 e. The zero-order valence-electron chi connectivity index (χ0n) is 10.5. The van der Waals surface area contributed by atoms with Crippen molar-refractivity contribution in [1.29, 1.82) is 0 Å². The lowest BCUT2D eigenvalue weighted by Gasteiger charge is -2.28. The van der Waals surface area contributed by atoms with Crippen molar-refractivity contribution in [3.8, 4) is 0 Å². The van der Waals surface area contributed by atoms with Gasteiger partial charge in [-0.2, -0.15) is 0 Å². The van der Waals surface area contributed by atoms with Crippen LogP contribution >= 0.6 is 0 Å². The van der Waals surface area contributed by atoms with Gasteiger partial charge in [-0.3, -0.25) is 9.88 Å². The van der Waals surface area contributed by atoms with Crippen LogP contribution in [0, 0.1) is 0 Å². The van der Waals surface area contributed by atoms with Gasteiger partial charge in [0.15, 0.2) is 0 Å². The molecule has 1 aliphatic rings. The van der Waals surface area contributed by atoms with Gasteiger partial charge in [-0.1, -0.05) is 12.8 Å². The molecule has 2 N–H and O–H groups in total. The number of nitrogens with zero attached hydrogens (tertiary/aromatic N) is 2. The van der Waals surface area contributed by atoms with Gasteiger partial charge in [0.05, 0.1) is 0 Å². The second-order valence-electron chi connectivity index (χ2n) is 4.91. The average Bonchev–Trinajstić information content (AvgIpc) is 2.89. The quantitative estimate of drug-likeness (QED) is 0.819. The van der Waals surface area contributed by atoms with Crippen LogP contribution in [0.25, 0.3) is 0 Å². The molecule has 17 heavy (non-hydrogen) atoms. The van der Waals surface area contributed by atoms with E-state index in [1.807, 2.05) is 12.4 Å². The summed E-state index contributed by atoms with van der Waals surface area (Å²) < 4.78 is 0. The van der Waals surface area contributed by atoms with Gasteiger partial charge in [0.2, 0.25) is 0 Å². The van der Waals surface area contributed by atoms with E-state index in [0.717, 1.165) is 32.1 Å². The summed E-state index contributed by atoms with van der Waals surface area (Å²) in [5.74, 6) is 0. The van der Waals surface area contributed by atoms with Crippen LogP contribution in [-0.2, 0) is 6.54 Å². The Labute approximate surface area is 104 Å². The summed E-state index contributed by atoms with van der Waals surface area (Å²) >= 11 is 0. The predicted octanol–water partition coefficient (Wildman–Crippen LogP) is 2.17. The third-order valence-corrected chi connectivity index (χ3v) is 3.63. The molecule has 1 heterocycles. The molecule has 0 radical (unpaired) electrons. The van der Waals surface area contributed by atoms with Crippen LogP contribution in [0.3, 0.4) is 0 Å². The van der Waals surface area contributed by atoms with Gasteiger partial charge in [0, 0.05) is 25.0 Å². The molecule has 0 aliphatic heterocycles. The molecular formula is C14H23N3. The van der Waals surface area contributed by atoms with Crippen molar-refractivity contribution in [2.24, 2.45) is 5.73 Å². The summed E-state index contributed by atoms with van der Waals surface area (Å²) in [7, 11) is 0. The van der Waals surface area contributed by atoms with E-state index in [1.54, 1.807) is 0 Å². The minimum atomic E-state index is 0.773. The lowest BCUT2D eigenvalue weighted by Crippen LogP contribution is -2.34. The summed E-state index contributed by atoms with van der Waals surface area (Å²) in [4.78, 5) is 6.68. The molecule has 94 valence electrons. The Morgan fingerprint density at radius 2 is 1.94 bits per heavy atom. The second kappa shape index (κ2) is 6.72. The van der Waals surface area contributed by atoms with Gasteiger partial charge in [0.25, 0.3) is 0 Å². The number of aromatic nitrogens is 1. The van der Waals surface area contributed by atoms with E-state index in [9.17, 15) is 0 Å². The van der Waals surface area contributed by atoms with E-state index in [2.05, 4.69) is 22.0 Å². The molecule has 2 rings (SSSR count). The molecule has 1 saturated carbocycles. The molecule has 3 heteroatoms. The van der Waals surface area contributed by atoms with Gasteiger partial charge >= 0.3 is 0 Å². The first-order valence-electron chi connectivity index (χ1n) is 6.73. The fraction of sp³-hybridized carbons (Fsp3) is 0.643. The van der Waals surface area contributed by atoms with E-state index in [4.69, 9.17) is 5.73 Å². The molecule has 0 atom stereocenters. The fourth-order valence-electron chi connectivity index (χ4n) is 2.68. The highest BCUT2D eigenvalue weighted by Crippen LogP contribution is 2.24. The maximum atomic E-state index is 5.63. The molecule has 1 aliphatic carbocycles. The van der Waals surface area contributed by atoms with Crippen molar-refractivity contribution in [2.75, 3.05) is 13.1 Å². The Balaban J connectivity index is 1.94. The molecule has 0 bridgehead atoms. The first kappa shape index (κ1) is 12.5. The Kier molecular flexibility index (Phi) is 4.95. The van der Waals surface area contributed by atoms with Crippen LogP contribution in [0.15, 0.2) is 24.5 Å². The second-order valence-corrected chi connectivity index (χ2v) is 4.91. The topological polar surface area (TPSA) is 42.1 Å². The number of hydrogen-bond acceptors (Lipinski definition) is 3. The molecule has 3 nitrogen and oxygen atoms in total. The maximum absolute atomic E-state index is 5.63. The molecule has 0 unspecified atom stereocenters. The maximum Gasteiger partial charge on any atom is 0.0271 e. The minimum absolute atomic E-state index is 0.773. The summed E-state index contributed by atoms with van der Waals surface area (Å²) in [6.07, 6.45) is 10.4. The summed E-state index contributed by atoms with van der Waals surface area (Å²) in [5.41, 5.74) is 7.00. The van der Waals surface area contributed by atoms with Crippen molar-refractivity contribution in [1.82, 2.24) is 9.88 Å². The van der Waals surface area contributed by atoms with Crippen molar-refractivity contribution in [3.63, 3.8) is 0 Å². The number of hydrogen-bond donors (Lipinski definition) is 1. The van der Waals surface area contributed by atoms with Gasteiger partial charge in [0.1, 0.15) is 0 Å². The van der Waals surface area contributed by atoms with E-state index in [-0.39, 0.29) is 0 Å². The van der Waals surface area contributed by atoms with Crippen LogP contribution < -0.4 is 5.73 Å². The van der Waals surface area contributed by atoms with Gasteiger partial charge in [-0.25, -0.2) is 0 Å². The van der Waals surface area contributed by atoms with Crippen LogP contribution in [-0.4, -0.2) is 29.0 Å². The normalized spacial score (nSPS) is 16.8. The van der Waals surface area contributed by atoms with E-state index in [0.29, 0.717) is 0 Å². The zero-order valence-corrected chi connectivity index (χ0v) is 10.5. The van der Waals surface area contributed by atoms with Crippen LogP contribution in [0.1, 0.15) is 37.7 Å². The highest BCUT2D eigenvalue weighted by Gasteiger charge is 2.21. The third-order valence-electron chi connectivity index (χ3n) is 3.63. The molecular weight excluding hydrogens is 210 g/mol. The van der Waals surface area contributed by atoms with Crippen LogP contribution in [0.2, 0.25) is 0 Å². The SMILES string of the molecule is NCCCN(Cc1ccncc1)C1CCCC1. The smallest absolute Gasteiger partial charge is 0.0271 e. The number of pyridine rings is 1. The Hall–Kier alpha value is -0.930. The highest BCUT2D eigenvalue weighted by atomic mass is 15.2. The van der Waals surface area contributed by atoms with Crippen molar-refractivity contribution >= 4 is 0 Å². The number of rotatable bonds is 6. The van der Waals surface area contributed by atoms with Crippen LogP contribution in [0.4, 0.5) is 0 Å². The zero-order chi connectivity index (χ0) is 11.9. The lowest BCUT2D eigenvalue weighted by atomic mass is 10.1. The van der Waals surface area contributed by atoms with Crippen molar-refractivity contribution in [2.45, 2.75) is 44.7 Å². The third kappa shape index (κ3) is 3.79. The highest BCUT2D eigenvalue weighted by molar-refractivity contribution is 5.09. The molecule has 0 spiro atoms. The van der Waals surface area contributed by atoms with E-state index >= 15 is 0 Å². The summed E-state index contributed by atoms with van der Waals surface area (Å²) in [6, 6.07) is 5.00.